The minimum absolute atomic E-state index is 0.0718. The van der Waals surface area contributed by atoms with E-state index in [2.05, 4.69) is 25.7 Å². The quantitative estimate of drug-likeness (QED) is 0.786. The Morgan fingerprint density at radius 3 is 2.16 bits per heavy atom. The van der Waals surface area contributed by atoms with Gasteiger partial charge in [-0.2, -0.15) is 0 Å². The molecule has 0 bridgehead atoms. The van der Waals surface area contributed by atoms with Gasteiger partial charge in [-0.15, -0.1) is 0 Å². The molecule has 110 valence electrons. The molecule has 2 saturated carbocycles. The fourth-order valence-corrected chi connectivity index (χ4v) is 4.85. The van der Waals surface area contributed by atoms with Crippen molar-refractivity contribution in [3.8, 4) is 0 Å². The molecule has 2 heteroatoms. The lowest BCUT2D eigenvalue weighted by Gasteiger charge is -2.43. The Kier molecular flexibility index (Phi) is 3.68. The molecule has 5 atom stereocenters. The maximum atomic E-state index is 10.4. The lowest BCUT2D eigenvalue weighted by Crippen LogP contribution is -2.48. The number of aliphatic hydroxyl groups excluding tert-OH is 1. The summed E-state index contributed by atoms with van der Waals surface area (Å²) in [6, 6.07) is 0.448. The van der Waals surface area contributed by atoms with Crippen molar-refractivity contribution in [2.24, 2.45) is 23.2 Å². The zero-order valence-electron chi connectivity index (χ0n) is 12.9. The molecule has 0 amide bonds. The van der Waals surface area contributed by atoms with Gasteiger partial charge in [0.1, 0.15) is 0 Å². The van der Waals surface area contributed by atoms with Crippen LogP contribution in [0.15, 0.2) is 0 Å². The maximum absolute atomic E-state index is 10.4. The van der Waals surface area contributed by atoms with Gasteiger partial charge < -0.3 is 5.11 Å². The van der Waals surface area contributed by atoms with Crippen molar-refractivity contribution in [1.82, 2.24) is 4.90 Å². The number of fused-ring (bicyclic) bond motifs is 1. The highest BCUT2D eigenvalue weighted by molar-refractivity contribution is 4.96. The van der Waals surface area contributed by atoms with Crippen molar-refractivity contribution in [3.05, 3.63) is 0 Å². The van der Waals surface area contributed by atoms with Gasteiger partial charge in [0.25, 0.3) is 0 Å². The average molecular weight is 265 g/mol. The smallest absolute Gasteiger partial charge is 0.0695 e. The summed E-state index contributed by atoms with van der Waals surface area (Å²) in [7, 11) is 0. The Hall–Kier alpha value is -0.0800. The number of hydrogen-bond donors (Lipinski definition) is 1. The van der Waals surface area contributed by atoms with E-state index in [1.165, 1.54) is 45.2 Å². The summed E-state index contributed by atoms with van der Waals surface area (Å²) in [5.41, 5.74) is 0.397. The third-order valence-corrected chi connectivity index (χ3v) is 6.23. The second-order valence-corrected chi connectivity index (χ2v) is 8.42. The van der Waals surface area contributed by atoms with E-state index in [1.807, 2.05) is 0 Å². The lowest BCUT2D eigenvalue weighted by molar-refractivity contribution is -0.0112. The van der Waals surface area contributed by atoms with Gasteiger partial charge in [0.05, 0.1) is 6.10 Å². The van der Waals surface area contributed by atoms with Crippen molar-refractivity contribution in [1.29, 1.82) is 0 Å². The number of aliphatic hydroxyl groups is 1. The Bertz CT molecular complexity index is 310. The number of likely N-dealkylation sites (tertiary alicyclic amines) is 1. The molecule has 3 fully saturated rings. The van der Waals surface area contributed by atoms with Crippen LogP contribution < -0.4 is 0 Å². The number of hydrogen-bond acceptors (Lipinski definition) is 2. The van der Waals surface area contributed by atoms with Crippen LogP contribution in [0.3, 0.4) is 0 Å². The second-order valence-electron chi connectivity index (χ2n) is 8.42. The van der Waals surface area contributed by atoms with Gasteiger partial charge in [-0.1, -0.05) is 27.2 Å². The summed E-state index contributed by atoms with van der Waals surface area (Å²) in [5, 5.41) is 10.4. The highest BCUT2D eigenvalue weighted by Gasteiger charge is 2.43. The number of rotatable bonds is 1. The first-order chi connectivity index (χ1) is 8.95. The second kappa shape index (κ2) is 5.04. The molecule has 0 aromatic carbocycles. The van der Waals surface area contributed by atoms with Crippen molar-refractivity contribution in [2.75, 3.05) is 13.1 Å². The van der Waals surface area contributed by atoms with Crippen molar-refractivity contribution in [2.45, 2.75) is 71.4 Å². The van der Waals surface area contributed by atoms with Crippen molar-refractivity contribution >= 4 is 0 Å². The van der Waals surface area contributed by atoms with E-state index in [9.17, 15) is 5.11 Å². The normalized spacial score (nSPS) is 44.5. The van der Waals surface area contributed by atoms with E-state index < -0.39 is 0 Å². The molecule has 0 aromatic heterocycles. The molecule has 0 spiro atoms. The molecule has 19 heavy (non-hydrogen) atoms. The van der Waals surface area contributed by atoms with E-state index in [0.717, 1.165) is 24.2 Å². The number of nitrogens with zero attached hydrogens (tertiary/aromatic N) is 1. The van der Waals surface area contributed by atoms with Crippen LogP contribution in [0, 0.1) is 23.2 Å². The van der Waals surface area contributed by atoms with Crippen LogP contribution in [0.1, 0.15) is 59.3 Å². The van der Waals surface area contributed by atoms with E-state index in [1.54, 1.807) is 0 Å². The van der Waals surface area contributed by atoms with Crippen molar-refractivity contribution < 1.29 is 5.11 Å². The first-order valence-corrected chi connectivity index (χ1v) is 8.37. The molecular formula is C17H31NO. The maximum Gasteiger partial charge on any atom is 0.0695 e. The van der Waals surface area contributed by atoms with E-state index in [0.29, 0.717) is 11.5 Å². The topological polar surface area (TPSA) is 23.5 Å². The molecule has 2 aliphatic carbocycles. The third kappa shape index (κ3) is 2.71. The summed E-state index contributed by atoms with van der Waals surface area (Å²) < 4.78 is 0. The van der Waals surface area contributed by atoms with Crippen LogP contribution in [-0.4, -0.2) is 35.2 Å². The molecular weight excluding hydrogens is 234 g/mol. The van der Waals surface area contributed by atoms with Gasteiger partial charge in [0.2, 0.25) is 0 Å². The Labute approximate surface area is 118 Å². The zero-order chi connectivity index (χ0) is 13.6. The standard InChI is InChI=1S/C17H31NO/c1-17(2,3)14-7-8-16(19)15(9-14)18-10-12-5-4-6-13(12)11-18/h12-16,19H,4-11H2,1-3H3. The molecule has 0 radical (unpaired) electrons. The van der Waals surface area contributed by atoms with Crippen LogP contribution >= 0.6 is 0 Å². The Morgan fingerprint density at radius 2 is 1.58 bits per heavy atom. The van der Waals surface area contributed by atoms with Crippen molar-refractivity contribution in [3.63, 3.8) is 0 Å². The highest BCUT2D eigenvalue weighted by Crippen LogP contribution is 2.43. The highest BCUT2D eigenvalue weighted by atomic mass is 16.3. The molecule has 1 heterocycles. The van der Waals surface area contributed by atoms with Gasteiger partial charge in [-0.05, 0) is 55.3 Å². The Balaban J connectivity index is 1.66. The molecule has 3 rings (SSSR count). The summed E-state index contributed by atoms with van der Waals surface area (Å²) in [6.07, 6.45) is 7.68. The zero-order valence-corrected chi connectivity index (χ0v) is 12.9. The van der Waals surface area contributed by atoms with Crippen LogP contribution in [0.25, 0.3) is 0 Å². The molecule has 2 nitrogen and oxygen atoms in total. The van der Waals surface area contributed by atoms with Gasteiger partial charge in [-0.25, -0.2) is 0 Å². The summed E-state index contributed by atoms with van der Waals surface area (Å²) in [4.78, 5) is 2.65. The summed E-state index contributed by atoms with van der Waals surface area (Å²) in [6.45, 7) is 9.63. The first kappa shape index (κ1) is 13.9. The lowest BCUT2D eigenvalue weighted by atomic mass is 9.70. The summed E-state index contributed by atoms with van der Waals surface area (Å²) in [5.74, 6) is 2.67. The van der Waals surface area contributed by atoms with E-state index in [-0.39, 0.29) is 6.10 Å². The molecule has 5 unspecified atom stereocenters. The summed E-state index contributed by atoms with van der Waals surface area (Å²) >= 11 is 0. The minimum atomic E-state index is -0.0718. The van der Waals surface area contributed by atoms with Crippen LogP contribution in [-0.2, 0) is 0 Å². The monoisotopic (exact) mass is 265 g/mol. The SMILES string of the molecule is CC(C)(C)C1CCC(O)C(N2CC3CCCC3C2)C1. The first-order valence-electron chi connectivity index (χ1n) is 8.37. The molecule has 0 aromatic rings. The predicted octanol–water partition coefficient (Wildman–Crippen LogP) is 3.29. The fraction of sp³-hybridized carbons (Fsp3) is 1.00. The average Bonchev–Trinajstić information content (AvgIpc) is 2.88. The largest absolute Gasteiger partial charge is 0.391 e. The van der Waals surface area contributed by atoms with Gasteiger partial charge in [0, 0.05) is 19.1 Å². The minimum Gasteiger partial charge on any atom is -0.391 e. The van der Waals surface area contributed by atoms with Crippen LogP contribution in [0.2, 0.25) is 0 Å². The fourth-order valence-electron chi connectivity index (χ4n) is 4.85. The van der Waals surface area contributed by atoms with Crippen LogP contribution in [0.4, 0.5) is 0 Å². The van der Waals surface area contributed by atoms with Gasteiger partial charge in [0.15, 0.2) is 0 Å². The predicted molar refractivity (Wildman–Crippen MR) is 79.0 cm³/mol. The van der Waals surface area contributed by atoms with E-state index in [4.69, 9.17) is 0 Å². The third-order valence-electron chi connectivity index (χ3n) is 6.23. The van der Waals surface area contributed by atoms with E-state index >= 15 is 0 Å². The molecule has 1 N–H and O–H groups in total. The van der Waals surface area contributed by atoms with Gasteiger partial charge in [-0.3, -0.25) is 4.90 Å². The Morgan fingerprint density at radius 1 is 0.947 bits per heavy atom. The molecule has 1 saturated heterocycles. The molecule has 1 aliphatic heterocycles. The van der Waals surface area contributed by atoms with Crippen LogP contribution in [0.5, 0.6) is 0 Å². The molecule has 3 aliphatic rings. The van der Waals surface area contributed by atoms with Gasteiger partial charge >= 0.3 is 0 Å².